The van der Waals surface area contributed by atoms with Gasteiger partial charge >= 0.3 is 0 Å². The Morgan fingerprint density at radius 3 is 2.19 bits per heavy atom. The van der Waals surface area contributed by atoms with Crippen LogP contribution in [0.1, 0.15) is 109 Å². The van der Waals surface area contributed by atoms with Gasteiger partial charge in [0.1, 0.15) is 5.82 Å². The number of hydrogen-bond donors (Lipinski definition) is 0. The maximum Gasteiger partial charge on any atom is 0.128 e. The first-order valence-electron chi connectivity index (χ1n) is 11.0. The van der Waals surface area contributed by atoms with Gasteiger partial charge in [-0.3, -0.25) is 0 Å². The van der Waals surface area contributed by atoms with Gasteiger partial charge in [-0.25, -0.2) is 9.97 Å². The van der Waals surface area contributed by atoms with Gasteiger partial charge in [0.25, 0.3) is 0 Å². The highest BCUT2D eigenvalue weighted by Crippen LogP contribution is 2.42. The zero-order chi connectivity index (χ0) is 18.7. The molecule has 0 radical (unpaired) electrons. The van der Waals surface area contributed by atoms with Gasteiger partial charge in [0.05, 0.1) is 11.5 Å². The Labute approximate surface area is 160 Å². The number of rotatable bonds is 11. The van der Waals surface area contributed by atoms with Crippen LogP contribution in [-0.2, 0) is 11.8 Å². The number of hydrogen-bond acceptors (Lipinski definition) is 3. The van der Waals surface area contributed by atoms with Crippen molar-refractivity contribution in [3.05, 3.63) is 23.8 Å². The van der Waals surface area contributed by atoms with E-state index in [4.69, 9.17) is 0 Å². The molecule has 3 nitrogen and oxygen atoms in total. The van der Waals surface area contributed by atoms with Gasteiger partial charge in [-0.15, -0.1) is 0 Å². The topological polar surface area (TPSA) is 49.6 Å². The fourth-order valence-electron chi connectivity index (χ4n) is 4.22. The predicted molar refractivity (Wildman–Crippen MR) is 108 cm³/mol. The summed E-state index contributed by atoms with van der Waals surface area (Å²) in [6.45, 7) is 4.48. The molecule has 0 atom stereocenters. The Morgan fingerprint density at radius 1 is 0.962 bits per heavy atom. The number of nitrogens with zero attached hydrogens (tertiary/aromatic N) is 3. The summed E-state index contributed by atoms with van der Waals surface area (Å²) in [6.07, 6.45) is 20.9. The van der Waals surface area contributed by atoms with Crippen molar-refractivity contribution in [2.45, 2.75) is 109 Å². The van der Waals surface area contributed by atoms with Gasteiger partial charge in [-0.2, -0.15) is 5.26 Å². The van der Waals surface area contributed by atoms with E-state index in [2.05, 4.69) is 29.9 Å². The van der Waals surface area contributed by atoms with Crippen LogP contribution in [0.15, 0.2) is 12.4 Å². The van der Waals surface area contributed by atoms with Crippen LogP contribution in [0.3, 0.4) is 0 Å². The Bertz CT molecular complexity index is 536. The SMILES string of the molecule is CCCCCCCC1CCC(C#N)(c2cnc(CCCCC)nc2)CC1. The molecule has 1 heterocycles. The van der Waals surface area contributed by atoms with E-state index in [-0.39, 0.29) is 5.41 Å². The molecule has 0 spiro atoms. The van der Waals surface area contributed by atoms with E-state index in [1.165, 1.54) is 64.2 Å². The van der Waals surface area contributed by atoms with E-state index in [0.29, 0.717) is 0 Å². The van der Waals surface area contributed by atoms with Crippen LogP contribution in [0.5, 0.6) is 0 Å². The fourth-order valence-corrected chi connectivity index (χ4v) is 4.22. The molecule has 0 bridgehead atoms. The Hall–Kier alpha value is -1.43. The number of unbranched alkanes of at least 4 members (excludes halogenated alkanes) is 6. The van der Waals surface area contributed by atoms with Gasteiger partial charge in [0.15, 0.2) is 0 Å². The summed E-state index contributed by atoms with van der Waals surface area (Å²) in [5.74, 6) is 1.74. The molecule has 1 aromatic heterocycles. The number of aromatic nitrogens is 2. The largest absolute Gasteiger partial charge is 0.241 e. The summed E-state index contributed by atoms with van der Waals surface area (Å²) < 4.78 is 0. The van der Waals surface area contributed by atoms with Crippen LogP contribution in [0.2, 0.25) is 0 Å². The molecule has 1 aromatic rings. The van der Waals surface area contributed by atoms with Crippen molar-refractivity contribution in [2.75, 3.05) is 0 Å². The van der Waals surface area contributed by atoms with Crippen molar-refractivity contribution in [1.29, 1.82) is 5.26 Å². The average Bonchev–Trinajstić information content (AvgIpc) is 2.69. The van der Waals surface area contributed by atoms with Crippen molar-refractivity contribution in [3.63, 3.8) is 0 Å². The van der Waals surface area contributed by atoms with Crippen LogP contribution in [0.25, 0.3) is 0 Å². The highest BCUT2D eigenvalue weighted by atomic mass is 14.9. The fraction of sp³-hybridized carbons (Fsp3) is 0.783. The maximum atomic E-state index is 9.89. The second-order valence-corrected chi connectivity index (χ2v) is 8.19. The maximum absolute atomic E-state index is 9.89. The third-order valence-corrected chi connectivity index (χ3v) is 6.15. The molecule has 3 heteroatoms. The molecular formula is C23H37N3. The molecule has 2 rings (SSSR count). The highest BCUT2D eigenvalue weighted by molar-refractivity contribution is 5.29. The molecular weight excluding hydrogens is 318 g/mol. The Balaban J connectivity index is 1.83. The summed E-state index contributed by atoms with van der Waals surface area (Å²) in [7, 11) is 0. The van der Waals surface area contributed by atoms with Crippen molar-refractivity contribution in [2.24, 2.45) is 5.92 Å². The molecule has 0 amide bonds. The monoisotopic (exact) mass is 355 g/mol. The molecule has 1 aliphatic rings. The molecule has 0 aliphatic heterocycles. The molecule has 26 heavy (non-hydrogen) atoms. The summed E-state index contributed by atoms with van der Waals surface area (Å²) in [5, 5.41) is 9.89. The lowest BCUT2D eigenvalue weighted by atomic mass is 9.67. The van der Waals surface area contributed by atoms with Gasteiger partial charge in [-0.1, -0.05) is 65.2 Å². The minimum Gasteiger partial charge on any atom is -0.241 e. The van der Waals surface area contributed by atoms with E-state index >= 15 is 0 Å². The first-order chi connectivity index (χ1) is 12.7. The Morgan fingerprint density at radius 2 is 1.58 bits per heavy atom. The smallest absolute Gasteiger partial charge is 0.128 e. The van der Waals surface area contributed by atoms with Gasteiger partial charge in [0.2, 0.25) is 0 Å². The lowest BCUT2D eigenvalue weighted by Crippen LogP contribution is -2.30. The standard InChI is InChI=1S/C23H37N3/c1-3-5-7-8-10-11-20-13-15-23(19-24,16-14-20)21-17-25-22(26-18-21)12-9-6-4-2/h17-18,20H,3-16H2,1-2H3. The molecule has 144 valence electrons. The number of aryl methyl sites for hydroxylation is 1. The molecule has 1 fully saturated rings. The zero-order valence-electron chi connectivity index (χ0n) is 17.0. The number of nitriles is 1. The lowest BCUT2D eigenvalue weighted by molar-refractivity contribution is 0.260. The molecule has 1 saturated carbocycles. The quantitative estimate of drug-likeness (QED) is 0.424. The van der Waals surface area contributed by atoms with Crippen LogP contribution in [0, 0.1) is 17.2 Å². The van der Waals surface area contributed by atoms with Gasteiger partial charge in [0, 0.05) is 24.4 Å². The van der Waals surface area contributed by atoms with E-state index in [0.717, 1.165) is 43.0 Å². The average molecular weight is 356 g/mol. The van der Waals surface area contributed by atoms with E-state index in [9.17, 15) is 5.26 Å². The Kier molecular flexibility index (Phi) is 9.09. The minimum absolute atomic E-state index is 0.347. The normalized spacial score (nSPS) is 22.9. The van der Waals surface area contributed by atoms with Crippen molar-refractivity contribution < 1.29 is 0 Å². The minimum atomic E-state index is -0.347. The third kappa shape index (κ3) is 6.08. The summed E-state index contributed by atoms with van der Waals surface area (Å²) in [6, 6.07) is 2.63. The van der Waals surface area contributed by atoms with Gasteiger partial charge < -0.3 is 0 Å². The second-order valence-electron chi connectivity index (χ2n) is 8.19. The second kappa shape index (κ2) is 11.3. The molecule has 0 N–H and O–H groups in total. The third-order valence-electron chi connectivity index (χ3n) is 6.15. The summed E-state index contributed by atoms with van der Waals surface area (Å²) in [4.78, 5) is 9.11. The van der Waals surface area contributed by atoms with Crippen LogP contribution < -0.4 is 0 Å². The van der Waals surface area contributed by atoms with E-state index in [1.807, 2.05) is 12.4 Å². The molecule has 0 aromatic carbocycles. The van der Waals surface area contributed by atoms with Crippen LogP contribution in [-0.4, -0.2) is 9.97 Å². The van der Waals surface area contributed by atoms with Crippen LogP contribution in [0.4, 0.5) is 0 Å². The lowest BCUT2D eigenvalue weighted by Gasteiger charge is -2.35. The van der Waals surface area contributed by atoms with E-state index in [1.54, 1.807) is 0 Å². The molecule has 1 aliphatic carbocycles. The predicted octanol–water partition coefficient (Wildman–Crippen LogP) is 6.52. The van der Waals surface area contributed by atoms with Crippen molar-refractivity contribution in [1.82, 2.24) is 9.97 Å². The first-order valence-corrected chi connectivity index (χ1v) is 11.0. The molecule has 0 saturated heterocycles. The van der Waals surface area contributed by atoms with Gasteiger partial charge in [-0.05, 0) is 38.0 Å². The summed E-state index contributed by atoms with van der Waals surface area (Å²) >= 11 is 0. The first kappa shape index (κ1) is 20.9. The summed E-state index contributed by atoms with van der Waals surface area (Å²) in [5.41, 5.74) is 0.696. The van der Waals surface area contributed by atoms with Crippen LogP contribution >= 0.6 is 0 Å². The van der Waals surface area contributed by atoms with Crippen molar-refractivity contribution >= 4 is 0 Å². The van der Waals surface area contributed by atoms with E-state index < -0.39 is 0 Å². The van der Waals surface area contributed by atoms with Crippen molar-refractivity contribution in [3.8, 4) is 6.07 Å². The zero-order valence-corrected chi connectivity index (χ0v) is 17.0. The molecule has 0 unspecified atom stereocenters. The highest BCUT2D eigenvalue weighted by Gasteiger charge is 2.37.